The number of methoxy groups -OCH3 is 1. The molecule has 0 spiro atoms. The monoisotopic (exact) mass is 551 g/mol. The molecule has 3 aromatic rings. The summed E-state index contributed by atoms with van der Waals surface area (Å²) in [7, 11) is 1.52. The molecule has 38 heavy (non-hydrogen) atoms. The minimum Gasteiger partial charge on any atom is -0.495 e. The molecule has 1 aliphatic rings. The van der Waals surface area contributed by atoms with Crippen molar-refractivity contribution in [2.24, 2.45) is 4.99 Å². The lowest BCUT2D eigenvalue weighted by Gasteiger charge is -2.32. The van der Waals surface area contributed by atoms with Gasteiger partial charge in [-0.2, -0.15) is 0 Å². The number of halogens is 1. The molecule has 0 aromatic heterocycles. The van der Waals surface area contributed by atoms with Crippen molar-refractivity contribution in [2.75, 3.05) is 19.0 Å². The zero-order chi connectivity index (χ0) is 27.1. The lowest BCUT2D eigenvalue weighted by atomic mass is 10.2. The van der Waals surface area contributed by atoms with E-state index in [1.165, 1.54) is 18.9 Å². The van der Waals surface area contributed by atoms with Gasteiger partial charge in [0.15, 0.2) is 5.17 Å². The van der Waals surface area contributed by atoms with Crippen molar-refractivity contribution in [1.29, 1.82) is 0 Å². The Morgan fingerprint density at radius 2 is 1.79 bits per heavy atom. The van der Waals surface area contributed by atoms with Crippen LogP contribution in [0.3, 0.4) is 0 Å². The number of esters is 1. The number of benzene rings is 3. The Kier molecular flexibility index (Phi) is 9.04. The van der Waals surface area contributed by atoms with Gasteiger partial charge in [0.25, 0.3) is 0 Å². The highest BCUT2D eigenvalue weighted by molar-refractivity contribution is 8.15. The Bertz CT molecular complexity index is 1350. The second kappa shape index (κ2) is 12.6. The van der Waals surface area contributed by atoms with E-state index in [1.54, 1.807) is 72.5 Å². The van der Waals surface area contributed by atoms with Crippen LogP contribution in [0.1, 0.15) is 29.3 Å². The van der Waals surface area contributed by atoms with Crippen LogP contribution in [0.4, 0.5) is 11.4 Å². The molecule has 8 nitrogen and oxygen atoms in total. The summed E-state index contributed by atoms with van der Waals surface area (Å²) >= 11 is 7.23. The summed E-state index contributed by atoms with van der Waals surface area (Å²) in [5.74, 6) is -0.468. The highest BCUT2D eigenvalue weighted by atomic mass is 35.5. The molecule has 10 heteroatoms. The van der Waals surface area contributed by atoms with Crippen molar-refractivity contribution in [3.63, 3.8) is 0 Å². The molecule has 1 saturated heterocycles. The Morgan fingerprint density at radius 3 is 2.47 bits per heavy atom. The van der Waals surface area contributed by atoms with Gasteiger partial charge in [0.1, 0.15) is 11.0 Å². The van der Waals surface area contributed by atoms with Gasteiger partial charge in [0, 0.05) is 11.4 Å². The largest absolute Gasteiger partial charge is 0.495 e. The van der Waals surface area contributed by atoms with Crippen molar-refractivity contribution < 1.29 is 23.9 Å². The van der Waals surface area contributed by atoms with Crippen LogP contribution in [-0.2, 0) is 20.9 Å². The molecular weight excluding hydrogens is 526 g/mol. The normalized spacial score (nSPS) is 16.3. The van der Waals surface area contributed by atoms with E-state index in [4.69, 9.17) is 21.1 Å². The lowest BCUT2D eigenvalue weighted by molar-refractivity contribution is -0.129. The molecule has 196 valence electrons. The molecule has 0 saturated carbocycles. The first kappa shape index (κ1) is 27.2. The fourth-order valence-corrected chi connectivity index (χ4v) is 4.95. The summed E-state index contributed by atoms with van der Waals surface area (Å²) in [6, 6.07) is 20.8. The smallest absolute Gasteiger partial charge is 0.338 e. The fourth-order valence-electron chi connectivity index (χ4n) is 3.73. The number of aliphatic imine (C=N–C) groups is 1. The number of carbonyl (C=O) groups excluding carboxylic acids is 3. The Morgan fingerprint density at radius 1 is 1.08 bits per heavy atom. The SMILES string of the molecule is CCOC(=O)c1ccc(N=C2SC(C(=O)Nc3ccccc3OC)CC(=O)N2Cc2ccc(Cl)cc2)cc1. The van der Waals surface area contributed by atoms with E-state index in [0.717, 1.165) is 5.56 Å². The first-order valence-corrected chi connectivity index (χ1v) is 13.1. The maximum Gasteiger partial charge on any atom is 0.338 e. The minimum absolute atomic E-state index is 0.0000546. The third-order valence-electron chi connectivity index (χ3n) is 5.65. The first-order valence-electron chi connectivity index (χ1n) is 11.9. The Balaban J connectivity index is 1.61. The van der Waals surface area contributed by atoms with Crippen LogP contribution in [-0.4, -0.2) is 46.8 Å². The standard InChI is InChI=1S/C28H26ClN3O5S/c1-3-37-27(35)19-10-14-21(15-11-19)30-28-32(17-18-8-12-20(29)13-9-18)25(33)16-24(38-28)26(34)31-22-6-4-5-7-23(22)36-2/h4-15,24H,3,16-17H2,1-2H3,(H,31,34). The average molecular weight is 552 g/mol. The third-order valence-corrected chi connectivity index (χ3v) is 7.09. The summed E-state index contributed by atoms with van der Waals surface area (Å²) in [6.07, 6.45) is 0.0000546. The molecule has 0 radical (unpaired) electrons. The van der Waals surface area contributed by atoms with Gasteiger partial charge in [-0.3, -0.25) is 14.5 Å². The van der Waals surface area contributed by atoms with E-state index >= 15 is 0 Å². The molecule has 0 aliphatic carbocycles. The predicted octanol–water partition coefficient (Wildman–Crippen LogP) is 5.69. The predicted molar refractivity (Wildman–Crippen MR) is 149 cm³/mol. The van der Waals surface area contributed by atoms with Crippen molar-refractivity contribution in [3.05, 3.63) is 88.9 Å². The summed E-state index contributed by atoms with van der Waals surface area (Å²) < 4.78 is 10.4. The number of amides is 2. The quantitative estimate of drug-likeness (QED) is 0.361. The second-order valence-corrected chi connectivity index (χ2v) is 9.87. The van der Waals surface area contributed by atoms with Crippen LogP contribution in [0.25, 0.3) is 0 Å². The number of hydrogen-bond acceptors (Lipinski definition) is 7. The molecule has 1 N–H and O–H groups in total. The summed E-state index contributed by atoms with van der Waals surface area (Å²) in [4.78, 5) is 44.7. The van der Waals surface area contributed by atoms with Gasteiger partial charge in [0.2, 0.25) is 11.8 Å². The van der Waals surface area contributed by atoms with Crippen LogP contribution in [0.2, 0.25) is 5.02 Å². The number of para-hydroxylation sites is 2. The highest BCUT2D eigenvalue weighted by Gasteiger charge is 2.36. The van der Waals surface area contributed by atoms with Crippen molar-refractivity contribution in [3.8, 4) is 5.75 Å². The average Bonchev–Trinajstić information content (AvgIpc) is 2.92. The summed E-state index contributed by atoms with van der Waals surface area (Å²) in [5.41, 5.74) is 2.31. The topological polar surface area (TPSA) is 97.3 Å². The Hall–Kier alpha value is -3.82. The van der Waals surface area contributed by atoms with E-state index < -0.39 is 11.2 Å². The number of hydrogen-bond donors (Lipinski definition) is 1. The second-order valence-electron chi connectivity index (χ2n) is 8.27. The molecule has 1 atom stereocenters. The van der Waals surface area contributed by atoms with Gasteiger partial charge in [0.05, 0.1) is 37.2 Å². The fraction of sp³-hybridized carbons (Fsp3) is 0.214. The molecule has 1 heterocycles. The van der Waals surface area contributed by atoms with Crippen molar-refractivity contribution in [1.82, 2.24) is 4.90 Å². The molecule has 0 bridgehead atoms. The number of anilines is 1. The van der Waals surface area contributed by atoms with E-state index in [0.29, 0.717) is 32.9 Å². The van der Waals surface area contributed by atoms with Crippen LogP contribution in [0.15, 0.2) is 77.8 Å². The van der Waals surface area contributed by atoms with E-state index in [9.17, 15) is 14.4 Å². The summed E-state index contributed by atoms with van der Waals surface area (Å²) in [5, 5.41) is 3.13. The number of carbonyl (C=O) groups is 3. The van der Waals surface area contributed by atoms with E-state index in [1.807, 2.05) is 12.1 Å². The number of ether oxygens (including phenoxy) is 2. The number of rotatable bonds is 8. The van der Waals surface area contributed by atoms with Gasteiger partial charge < -0.3 is 14.8 Å². The van der Waals surface area contributed by atoms with Gasteiger partial charge in [-0.15, -0.1) is 0 Å². The van der Waals surface area contributed by atoms with Crippen molar-refractivity contribution >= 4 is 57.7 Å². The first-order chi connectivity index (χ1) is 18.4. The van der Waals surface area contributed by atoms with Gasteiger partial charge in [-0.25, -0.2) is 9.79 Å². The van der Waals surface area contributed by atoms with Crippen LogP contribution < -0.4 is 10.1 Å². The highest BCUT2D eigenvalue weighted by Crippen LogP contribution is 2.32. The van der Waals surface area contributed by atoms with Gasteiger partial charge in [-0.1, -0.05) is 47.6 Å². The number of amidine groups is 1. The van der Waals surface area contributed by atoms with Crippen LogP contribution >= 0.6 is 23.4 Å². The number of thioether (sulfide) groups is 1. The molecular formula is C28H26ClN3O5S. The lowest BCUT2D eigenvalue weighted by Crippen LogP contribution is -2.44. The molecule has 2 amide bonds. The zero-order valence-corrected chi connectivity index (χ0v) is 22.4. The Labute approximate surface area is 230 Å². The molecule has 4 rings (SSSR count). The van der Waals surface area contributed by atoms with Gasteiger partial charge in [-0.05, 0) is 61.0 Å². The van der Waals surface area contributed by atoms with Crippen LogP contribution in [0, 0.1) is 0 Å². The number of nitrogens with one attached hydrogen (secondary N) is 1. The molecule has 1 aliphatic heterocycles. The van der Waals surface area contributed by atoms with E-state index in [-0.39, 0.29) is 31.4 Å². The summed E-state index contributed by atoms with van der Waals surface area (Å²) in [6.45, 7) is 2.29. The molecule has 1 fully saturated rings. The molecule has 3 aromatic carbocycles. The van der Waals surface area contributed by atoms with Gasteiger partial charge >= 0.3 is 5.97 Å². The van der Waals surface area contributed by atoms with Crippen LogP contribution in [0.5, 0.6) is 5.75 Å². The third kappa shape index (κ3) is 6.73. The molecule has 1 unspecified atom stereocenters. The maximum atomic E-state index is 13.3. The maximum absolute atomic E-state index is 13.3. The van der Waals surface area contributed by atoms with Crippen molar-refractivity contribution in [2.45, 2.75) is 25.1 Å². The number of nitrogens with zero attached hydrogens (tertiary/aromatic N) is 2. The van der Waals surface area contributed by atoms with E-state index in [2.05, 4.69) is 10.3 Å². The zero-order valence-electron chi connectivity index (χ0n) is 20.8. The minimum atomic E-state index is -0.702.